The molecule has 2 aromatic heterocycles. The van der Waals surface area contributed by atoms with Gasteiger partial charge in [0.15, 0.2) is 11.6 Å². The van der Waals surface area contributed by atoms with Gasteiger partial charge in [0.1, 0.15) is 11.6 Å². The molecule has 3 heterocycles. The summed E-state index contributed by atoms with van der Waals surface area (Å²) >= 11 is 0. The van der Waals surface area contributed by atoms with Gasteiger partial charge in [0.25, 0.3) is 0 Å². The Bertz CT molecular complexity index is 990. The number of hydrogen-bond acceptors (Lipinski definition) is 7. The minimum absolute atomic E-state index is 0.132. The molecule has 0 atom stereocenters. The summed E-state index contributed by atoms with van der Waals surface area (Å²) in [7, 11) is 0. The van der Waals surface area contributed by atoms with E-state index in [1.807, 2.05) is 61.5 Å². The zero-order valence-electron chi connectivity index (χ0n) is 17.4. The third kappa shape index (κ3) is 5.19. The van der Waals surface area contributed by atoms with Crippen LogP contribution < -0.4 is 20.3 Å². The minimum Gasteiger partial charge on any atom is -0.492 e. The fourth-order valence-corrected chi connectivity index (χ4v) is 3.31. The molecule has 1 saturated heterocycles. The number of benzene rings is 1. The molecule has 0 aliphatic carbocycles. The zero-order valence-corrected chi connectivity index (χ0v) is 17.4. The molecule has 2 amide bonds. The van der Waals surface area contributed by atoms with Gasteiger partial charge in [-0.3, -0.25) is 0 Å². The molecule has 0 saturated carbocycles. The molecule has 1 aliphatic heterocycles. The fourth-order valence-electron chi connectivity index (χ4n) is 3.31. The predicted octanol–water partition coefficient (Wildman–Crippen LogP) is 3.37. The molecule has 1 aromatic carbocycles. The molecule has 9 nitrogen and oxygen atoms in total. The van der Waals surface area contributed by atoms with E-state index >= 15 is 0 Å². The van der Waals surface area contributed by atoms with E-state index in [2.05, 4.69) is 30.7 Å². The second-order valence-electron chi connectivity index (χ2n) is 6.95. The molecule has 0 unspecified atom stereocenters. The molecule has 31 heavy (non-hydrogen) atoms. The summed E-state index contributed by atoms with van der Waals surface area (Å²) < 4.78 is 5.58. The Labute approximate surface area is 181 Å². The molecule has 4 rings (SSSR count). The van der Waals surface area contributed by atoms with Crippen molar-refractivity contribution in [1.82, 2.24) is 20.1 Å². The lowest BCUT2D eigenvalue weighted by molar-refractivity contribution is 0.208. The van der Waals surface area contributed by atoms with Gasteiger partial charge < -0.3 is 25.2 Å². The second kappa shape index (κ2) is 9.75. The number of amides is 2. The van der Waals surface area contributed by atoms with Crippen molar-refractivity contribution < 1.29 is 9.53 Å². The molecule has 2 N–H and O–H groups in total. The number of pyridine rings is 1. The van der Waals surface area contributed by atoms with E-state index in [0.29, 0.717) is 50.0 Å². The predicted molar refractivity (Wildman–Crippen MR) is 120 cm³/mol. The normalized spacial score (nSPS) is 13.6. The maximum absolute atomic E-state index is 12.7. The zero-order chi connectivity index (χ0) is 21.5. The van der Waals surface area contributed by atoms with E-state index in [4.69, 9.17) is 4.74 Å². The van der Waals surface area contributed by atoms with Crippen LogP contribution in [0.4, 0.5) is 27.9 Å². The highest BCUT2D eigenvalue weighted by molar-refractivity contribution is 5.91. The van der Waals surface area contributed by atoms with Gasteiger partial charge in [0.2, 0.25) is 0 Å². The highest BCUT2D eigenvalue weighted by atomic mass is 16.5. The third-order valence-electron chi connectivity index (χ3n) is 4.89. The van der Waals surface area contributed by atoms with Gasteiger partial charge in [-0.05, 0) is 43.3 Å². The van der Waals surface area contributed by atoms with Crippen LogP contribution in [-0.4, -0.2) is 58.9 Å². The van der Waals surface area contributed by atoms with Crippen LogP contribution in [0.2, 0.25) is 0 Å². The van der Waals surface area contributed by atoms with Crippen molar-refractivity contribution in [3.05, 3.63) is 60.8 Å². The Balaban J connectivity index is 1.31. The Morgan fingerprint density at radius 2 is 1.77 bits per heavy atom. The number of piperazine rings is 1. The van der Waals surface area contributed by atoms with Crippen LogP contribution in [-0.2, 0) is 0 Å². The lowest BCUT2D eigenvalue weighted by Crippen LogP contribution is -2.50. The summed E-state index contributed by atoms with van der Waals surface area (Å²) in [5, 5.41) is 14.6. The SMILES string of the molecule is CCOc1ccccc1NC(=O)N1CCN(c2ccc(Nc3ccccn3)nn2)CC1. The average molecular weight is 419 g/mol. The van der Waals surface area contributed by atoms with E-state index in [0.717, 1.165) is 11.6 Å². The fraction of sp³-hybridized carbons (Fsp3) is 0.273. The van der Waals surface area contributed by atoms with E-state index < -0.39 is 0 Å². The van der Waals surface area contributed by atoms with Crippen LogP contribution in [0.1, 0.15) is 6.92 Å². The van der Waals surface area contributed by atoms with Crippen LogP contribution in [0.5, 0.6) is 5.75 Å². The highest BCUT2D eigenvalue weighted by Crippen LogP contribution is 2.24. The molecule has 0 bridgehead atoms. The number of nitrogens with zero attached hydrogens (tertiary/aromatic N) is 5. The first-order valence-corrected chi connectivity index (χ1v) is 10.3. The van der Waals surface area contributed by atoms with Gasteiger partial charge in [-0.25, -0.2) is 9.78 Å². The van der Waals surface area contributed by atoms with Crippen LogP contribution in [0.3, 0.4) is 0 Å². The number of hydrogen-bond donors (Lipinski definition) is 2. The van der Waals surface area contributed by atoms with E-state index in [1.165, 1.54) is 0 Å². The highest BCUT2D eigenvalue weighted by Gasteiger charge is 2.23. The monoisotopic (exact) mass is 419 g/mol. The third-order valence-corrected chi connectivity index (χ3v) is 4.89. The van der Waals surface area contributed by atoms with Crippen LogP contribution in [0.25, 0.3) is 0 Å². The quantitative estimate of drug-likeness (QED) is 0.632. The van der Waals surface area contributed by atoms with Crippen LogP contribution >= 0.6 is 0 Å². The smallest absolute Gasteiger partial charge is 0.322 e. The Morgan fingerprint density at radius 3 is 2.48 bits per heavy atom. The minimum atomic E-state index is -0.132. The summed E-state index contributed by atoms with van der Waals surface area (Å²) in [6, 6.07) is 16.8. The number of ether oxygens (including phenoxy) is 1. The van der Waals surface area contributed by atoms with Crippen molar-refractivity contribution in [2.24, 2.45) is 0 Å². The first-order chi connectivity index (χ1) is 15.2. The van der Waals surface area contributed by atoms with Crippen molar-refractivity contribution in [2.75, 3.05) is 48.3 Å². The molecule has 160 valence electrons. The van der Waals surface area contributed by atoms with Gasteiger partial charge in [0, 0.05) is 32.4 Å². The largest absolute Gasteiger partial charge is 0.492 e. The summed E-state index contributed by atoms with van der Waals surface area (Å²) in [6.45, 7) is 5.02. The Kier molecular flexibility index (Phi) is 6.41. The maximum atomic E-state index is 12.7. The number of nitrogens with one attached hydrogen (secondary N) is 2. The number of aromatic nitrogens is 3. The van der Waals surface area contributed by atoms with E-state index in [-0.39, 0.29) is 6.03 Å². The summed E-state index contributed by atoms with van der Waals surface area (Å²) in [4.78, 5) is 20.8. The molecular formula is C22H25N7O2. The van der Waals surface area contributed by atoms with Crippen molar-refractivity contribution >= 4 is 29.2 Å². The first kappa shape index (κ1) is 20.4. The van der Waals surface area contributed by atoms with Gasteiger partial charge >= 0.3 is 6.03 Å². The lowest BCUT2D eigenvalue weighted by Gasteiger charge is -2.35. The van der Waals surface area contributed by atoms with Crippen LogP contribution in [0.15, 0.2) is 60.8 Å². The number of anilines is 4. The first-order valence-electron chi connectivity index (χ1n) is 10.3. The topological polar surface area (TPSA) is 95.5 Å². The van der Waals surface area contributed by atoms with E-state index in [1.54, 1.807) is 11.1 Å². The van der Waals surface area contributed by atoms with Gasteiger partial charge in [0.05, 0.1) is 12.3 Å². The Morgan fingerprint density at radius 1 is 0.968 bits per heavy atom. The molecule has 9 heteroatoms. The molecule has 1 fully saturated rings. The number of rotatable bonds is 6. The molecular weight excluding hydrogens is 394 g/mol. The number of carbonyl (C=O) groups is 1. The van der Waals surface area contributed by atoms with Crippen LogP contribution in [0, 0.1) is 0 Å². The summed E-state index contributed by atoms with van der Waals surface area (Å²) in [5.41, 5.74) is 0.679. The standard InChI is InChI=1S/C22H25N7O2/c1-2-31-18-8-4-3-7-17(18)24-22(30)29-15-13-28(14-16-29)21-11-10-20(26-27-21)25-19-9-5-6-12-23-19/h3-12H,2,13-16H2,1H3,(H,24,30)(H,23,25,26). The molecule has 0 radical (unpaired) electrons. The second-order valence-corrected chi connectivity index (χ2v) is 6.95. The Hall–Kier alpha value is -3.88. The number of carbonyl (C=O) groups excluding carboxylic acids is 1. The summed E-state index contributed by atoms with van der Waals surface area (Å²) in [5.74, 6) is 2.81. The maximum Gasteiger partial charge on any atom is 0.322 e. The lowest BCUT2D eigenvalue weighted by atomic mass is 10.3. The molecule has 0 spiro atoms. The van der Waals surface area contributed by atoms with Crippen molar-refractivity contribution in [1.29, 1.82) is 0 Å². The van der Waals surface area contributed by atoms with E-state index in [9.17, 15) is 4.79 Å². The van der Waals surface area contributed by atoms with Gasteiger partial charge in [-0.2, -0.15) is 0 Å². The molecule has 1 aliphatic rings. The van der Waals surface area contributed by atoms with Gasteiger partial charge in [-0.15, -0.1) is 10.2 Å². The van der Waals surface area contributed by atoms with Crippen molar-refractivity contribution in [3.8, 4) is 5.75 Å². The van der Waals surface area contributed by atoms with Crippen molar-refractivity contribution in [2.45, 2.75) is 6.92 Å². The number of para-hydroxylation sites is 2. The summed E-state index contributed by atoms with van der Waals surface area (Å²) in [6.07, 6.45) is 1.72. The average Bonchev–Trinajstić information content (AvgIpc) is 2.82. The molecule has 3 aromatic rings. The van der Waals surface area contributed by atoms with Crippen molar-refractivity contribution in [3.63, 3.8) is 0 Å². The number of urea groups is 1. The van der Waals surface area contributed by atoms with Gasteiger partial charge in [-0.1, -0.05) is 18.2 Å².